The Hall–Kier alpha value is 0. The molecule has 7 unspecified atom stereocenters. The Morgan fingerprint density at radius 1 is 0.625 bits per heavy atom. The van der Waals surface area contributed by atoms with Crippen LogP contribution in [0.2, 0.25) is 0 Å². The van der Waals surface area contributed by atoms with E-state index in [0.717, 1.165) is 71.0 Å². The average Bonchev–Trinajstić information content (AvgIpc) is 2.92. The monoisotopic (exact) mass is 561 g/mol. The Morgan fingerprint density at radius 2 is 1.20 bits per heavy atom. The fraction of sp³-hybridized carbons (Fsp3) is 1.00. The quantitative estimate of drug-likeness (QED) is 0.249. The lowest BCUT2D eigenvalue weighted by Gasteiger charge is -2.43. The summed E-state index contributed by atoms with van der Waals surface area (Å²) in [7, 11) is 0. The molecule has 0 nitrogen and oxygen atoms in total. The van der Waals surface area contributed by atoms with Gasteiger partial charge in [0.05, 0.1) is 0 Å². The SMILES string of the molecule is CCC.CCC(CC(C)C1CCC(C(C)C)C(CC(C)C)C1)C1CCC(C(C)C)CC1.CCC1CCCC(C)C1. The summed E-state index contributed by atoms with van der Waals surface area (Å²) in [6.45, 7) is 28.8. The second-order valence-corrected chi connectivity index (χ2v) is 16.4. The van der Waals surface area contributed by atoms with Crippen LogP contribution in [0, 0.1) is 71.0 Å². The summed E-state index contributed by atoms with van der Waals surface area (Å²) in [5.74, 6) is 11.7. The van der Waals surface area contributed by atoms with Crippen LogP contribution in [0.1, 0.15) is 186 Å². The molecule has 3 aliphatic rings. The predicted octanol–water partition coefficient (Wildman–Crippen LogP) is 13.9. The van der Waals surface area contributed by atoms with Gasteiger partial charge in [-0.3, -0.25) is 0 Å². The van der Waals surface area contributed by atoms with E-state index >= 15 is 0 Å². The number of hydrogen-bond donors (Lipinski definition) is 0. The molecule has 3 fully saturated rings. The molecule has 240 valence electrons. The minimum Gasteiger partial charge on any atom is -0.0656 e. The highest BCUT2D eigenvalue weighted by Crippen LogP contribution is 2.46. The van der Waals surface area contributed by atoms with Gasteiger partial charge in [0.1, 0.15) is 0 Å². The number of hydrogen-bond acceptors (Lipinski definition) is 0. The van der Waals surface area contributed by atoms with E-state index in [0.29, 0.717) is 0 Å². The molecular weight excluding hydrogens is 480 g/mol. The van der Waals surface area contributed by atoms with E-state index in [1.54, 1.807) is 0 Å². The fourth-order valence-electron chi connectivity index (χ4n) is 9.17. The topological polar surface area (TPSA) is 0 Å². The highest BCUT2D eigenvalue weighted by Gasteiger charge is 2.36. The maximum Gasteiger partial charge on any atom is -0.0362 e. The van der Waals surface area contributed by atoms with E-state index in [2.05, 4.69) is 83.1 Å². The molecule has 7 atom stereocenters. The minimum absolute atomic E-state index is 0.861. The third-order valence-electron chi connectivity index (χ3n) is 11.8. The Labute approximate surface area is 256 Å². The van der Waals surface area contributed by atoms with E-state index in [-0.39, 0.29) is 0 Å². The Kier molecular flexibility index (Phi) is 19.8. The molecule has 0 N–H and O–H groups in total. The minimum atomic E-state index is 0.861. The van der Waals surface area contributed by atoms with Crippen molar-refractivity contribution in [2.75, 3.05) is 0 Å². The smallest absolute Gasteiger partial charge is 0.0362 e. The normalized spacial score (nSPS) is 32.6. The van der Waals surface area contributed by atoms with Gasteiger partial charge >= 0.3 is 0 Å². The summed E-state index contributed by atoms with van der Waals surface area (Å²) < 4.78 is 0. The first-order chi connectivity index (χ1) is 19.0. The van der Waals surface area contributed by atoms with Gasteiger partial charge in [0.15, 0.2) is 0 Å². The van der Waals surface area contributed by atoms with Crippen LogP contribution >= 0.6 is 0 Å². The summed E-state index contributed by atoms with van der Waals surface area (Å²) in [6.07, 6.45) is 23.6. The molecule has 0 aromatic heterocycles. The van der Waals surface area contributed by atoms with Crippen molar-refractivity contribution in [2.45, 2.75) is 186 Å². The van der Waals surface area contributed by atoms with Gasteiger partial charge in [-0.2, -0.15) is 0 Å². The van der Waals surface area contributed by atoms with Gasteiger partial charge in [0, 0.05) is 0 Å². The lowest BCUT2D eigenvalue weighted by molar-refractivity contribution is 0.0765. The molecule has 0 spiro atoms. The molecule has 0 amide bonds. The van der Waals surface area contributed by atoms with Crippen molar-refractivity contribution in [1.29, 1.82) is 0 Å². The van der Waals surface area contributed by atoms with E-state index in [1.807, 2.05) is 0 Å². The Morgan fingerprint density at radius 3 is 1.65 bits per heavy atom. The maximum atomic E-state index is 2.62. The molecule has 0 radical (unpaired) electrons. The van der Waals surface area contributed by atoms with E-state index < -0.39 is 0 Å². The van der Waals surface area contributed by atoms with Gasteiger partial charge in [-0.05, 0) is 135 Å². The third kappa shape index (κ3) is 14.0. The lowest BCUT2D eigenvalue weighted by atomic mass is 9.63. The van der Waals surface area contributed by atoms with Crippen LogP contribution in [0.15, 0.2) is 0 Å². The maximum absolute atomic E-state index is 2.62. The van der Waals surface area contributed by atoms with Gasteiger partial charge in [0.2, 0.25) is 0 Å². The molecule has 0 saturated heterocycles. The molecule has 0 heterocycles. The van der Waals surface area contributed by atoms with Gasteiger partial charge in [0.25, 0.3) is 0 Å². The second-order valence-electron chi connectivity index (χ2n) is 16.4. The predicted molar refractivity (Wildman–Crippen MR) is 184 cm³/mol. The zero-order valence-electron chi connectivity index (χ0n) is 30.2. The summed E-state index contributed by atoms with van der Waals surface area (Å²) in [4.78, 5) is 0. The molecule has 40 heavy (non-hydrogen) atoms. The molecule has 0 heteroatoms. The molecule has 3 aliphatic carbocycles. The van der Waals surface area contributed by atoms with Crippen molar-refractivity contribution >= 4 is 0 Å². The van der Waals surface area contributed by atoms with Crippen LogP contribution in [0.3, 0.4) is 0 Å². The van der Waals surface area contributed by atoms with Crippen molar-refractivity contribution in [1.82, 2.24) is 0 Å². The lowest BCUT2D eigenvalue weighted by Crippen LogP contribution is -2.33. The van der Waals surface area contributed by atoms with E-state index in [1.165, 1.54) is 103 Å². The van der Waals surface area contributed by atoms with Crippen molar-refractivity contribution in [3.8, 4) is 0 Å². The van der Waals surface area contributed by atoms with Gasteiger partial charge < -0.3 is 0 Å². The van der Waals surface area contributed by atoms with Crippen LogP contribution in [0.25, 0.3) is 0 Å². The zero-order valence-corrected chi connectivity index (χ0v) is 30.2. The third-order valence-corrected chi connectivity index (χ3v) is 11.8. The van der Waals surface area contributed by atoms with Crippen LogP contribution in [-0.2, 0) is 0 Å². The molecule has 0 aromatic carbocycles. The second kappa shape index (κ2) is 20.8. The summed E-state index contributed by atoms with van der Waals surface area (Å²) in [5, 5.41) is 0. The molecular formula is C40H80. The Balaban J connectivity index is 0.000000552. The first-order valence-electron chi connectivity index (χ1n) is 19.0. The average molecular weight is 561 g/mol. The zero-order chi connectivity index (χ0) is 30.2. The van der Waals surface area contributed by atoms with Gasteiger partial charge in [-0.15, -0.1) is 0 Å². The van der Waals surface area contributed by atoms with Crippen molar-refractivity contribution in [3.63, 3.8) is 0 Å². The van der Waals surface area contributed by atoms with Crippen molar-refractivity contribution < 1.29 is 0 Å². The highest BCUT2D eigenvalue weighted by molar-refractivity contribution is 4.87. The van der Waals surface area contributed by atoms with E-state index in [9.17, 15) is 0 Å². The molecule has 0 bridgehead atoms. The first kappa shape index (κ1) is 38.0. The van der Waals surface area contributed by atoms with Crippen LogP contribution < -0.4 is 0 Å². The molecule has 3 rings (SSSR count). The first-order valence-corrected chi connectivity index (χ1v) is 19.0. The molecule has 3 saturated carbocycles. The largest absolute Gasteiger partial charge is 0.0656 e. The van der Waals surface area contributed by atoms with Crippen LogP contribution in [-0.4, -0.2) is 0 Å². The van der Waals surface area contributed by atoms with Crippen molar-refractivity contribution in [3.05, 3.63) is 0 Å². The molecule has 0 aliphatic heterocycles. The van der Waals surface area contributed by atoms with E-state index in [4.69, 9.17) is 0 Å². The van der Waals surface area contributed by atoms with Gasteiger partial charge in [-0.1, -0.05) is 122 Å². The number of rotatable bonds is 10. The van der Waals surface area contributed by atoms with Crippen LogP contribution in [0.5, 0.6) is 0 Å². The highest BCUT2D eigenvalue weighted by atomic mass is 14.4. The fourth-order valence-corrected chi connectivity index (χ4v) is 9.17. The standard InChI is InChI=1S/C28H54.C9H18.C3H8/c1-9-23(25-12-10-24(11-13-25)20(4)5)17-22(8)26-14-15-28(21(6)7)27(18-26)16-19(2)3;1-3-9-6-4-5-8(2)7-9;1-3-2/h19-28H,9-18H2,1-8H3;8-9H,3-7H2,1-2H3;3H2,1-2H3. The summed E-state index contributed by atoms with van der Waals surface area (Å²) in [5.41, 5.74) is 0. The van der Waals surface area contributed by atoms with Gasteiger partial charge in [-0.25, -0.2) is 0 Å². The summed E-state index contributed by atoms with van der Waals surface area (Å²) >= 11 is 0. The molecule has 0 aromatic rings. The Bertz CT molecular complexity index is 579. The van der Waals surface area contributed by atoms with Crippen LogP contribution in [0.4, 0.5) is 0 Å². The van der Waals surface area contributed by atoms with Crippen molar-refractivity contribution in [2.24, 2.45) is 71.0 Å². The summed E-state index contributed by atoms with van der Waals surface area (Å²) in [6, 6.07) is 0.